The van der Waals surface area contributed by atoms with Crippen molar-refractivity contribution in [1.29, 1.82) is 0 Å². The fourth-order valence-corrected chi connectivity index (χ4v) is 3.47. The second-order valence-electron chi connectivity index (χ2n) is 6.07. The van der Waals surface area contributed by atoms with Gasteiger partial charge in [0.1, 0.15) is 0 Å². The Morgan fingerprint density at radius 1 is 1.21 bits per heavy atom. The molecule has 0 amide bonds. The van der Waals surface area contributed by atoms with Crippen molar-refractivity contribution in [2.45, 2.75) is 70.4 Å². The van der Waals surface area contributed by atoms with Crippen LogP contribution in [0.5, 0.6) is 0 Å². The number of allylic oxidation sites excluding steroid dienone is 3. The first-order chi connectivity index (χ1) is 9.16. The molecule has 2 heterocycles. The van der Waals surface area contributed by atoms with Gasteiger partial charge in [0.15, 0.2) is 0 Å². The van der Waals surface area contributed by atoms with E-state index in [2.05, 4.69) is 31.4 Å². The molecular weight excluding hydrogens is 231 g/mol. The highest BCUT2D eigenvalue weighted by atomic mass is 16.4. The third-order valence-electron chi connectivity index (χ3n) is 4.34. The number of hydrogen-bond donors (Lipinski definition) is 0. The molecule has 2 bridgehead atoms. The molecule has 0 atom stereocenters. The van der Waals surface area contributed by atoms with E-state index in [9.17, 15) is 0 Å². The van der Waals surface area contributed by atoms with Crippen molar-refractivity contribution in [2.24, 2.45) is 0 Å². The van der Waals surface area contributed by atoms with Crippen LogP contribution in [0.4, 0.5) is 0 Å². The zero-order valence-electron chi connectivity index (χ0n) is 12.4. The van der Waals surface area contributed by atoms with E-state index in [1.54, 1.807) is 0 Å². The lowest BCUT2D eigenvalue weighted by atomic mass is 9.38. The summed E-state index contributed by atoms with van der Waals surface area (Å²) in [6.45, 7) is 8.27. The molecule has 2 rings (SSSR count). The van der Waals surface area contributed by atoms with Crippen LogP contribution in [0.25, 0.3) is 0 Å². The van der Waals surface area contributed by atoms with E-state index >= 15 is 0 Å². The van der Waals surface area contributed by atoms with Crippen LogP contribution in [-0.2, 0) is 4.65 Å². The number of rotatable bonds is 3. The minimum Gasteiger partial charge on any atom is -0.563 e. The topological polar surface area (TPSA) is 9.23 Å². The predicted octanol–water partition coefficient (Wildman–Crippen LogP) is 4.98. The number of fused-ring (bicyclic) bond motifs is 2. The van der Waals surface area contributed by atoms with E-state index in [1.807, 2.05) is 6.92 Å². The van der Waals surface area contributed by atoms with Gasteiger partial charge in [-0.2, -0.15) is 0 Å². The van der Waals surface area contributed by atoms with Gasteiger partial charge in [0.2, 0.25) is 0 Å². The zero-order chi connectivity index (χ0) is 13.7. The molecule has 2 saturated heterocycles. The molecule has 0 aromatic rings. The molecule has 0 aromatic heterocycles. The normalized spacial score (nSPS) is 26.4. The first-order valence-electron chi connectivity index (χ1n) is 7.64. The maximum Gasteiger partial charge on any atom is 0.363 e. The minimum absolute atomic E-state index is 0.479. The van der Waals surface area contributed by atoms with Crippen molar-refractivity contribution >= 4 is 6.92 Å². The highest BCUT2D eigenvalue weighted by molar-refractivity contribution is 6.56. The molecule has 2 heteroatoms. The van der Waals surface area contributed by atoms with Crippen LogP contribution >= 0.6 is 0 Å². The Morgan fingerprint density at radius 2 is 1.79 bits per heavy atom. The maximum absolute atomic E-state index is 6.24. The first-order valence-corrected chi connectivity index (χ1v) is 7.64. The van der Waals surface area contributed by atoms with Crippen molar-refractivity contribution < 1.29 is 4.65 Å². The lowest BCUT2D eigenvalue weighted by Crippen LogP contribution is -2.36. The third-order valence-corrected chi connectivity index (χ3v) is 4.34. The highest BCUT2D eigenvalue weighted by Gasteiger charge is 2.42. The summed E-state index contributed by atoms with van der Waals surface area (Å²) in [4.78, 5) is 0. The van der Waals surface area contributed by atoms with Crippen LogP contribution < -0.4 is 0 Å². The number of hydrogen-bond acceptors (Lipinski definition) is 1. The van der Waals surface area contributed by atoms with Crippen LogP contribution in [0, 0.1) is 11.8 Å². The van der Waals surface area contributed by atoms with E-state index in [0.717, 1.165) is 29.4 Å². The lowest BCUT2D eigenvalue weighted by Gasteiger charge is -2.39. The summed E-state index contributed by atoms with van der Waals surface area (Å²) in [6.07, 6.45) is 11.1. The van der Waals surface area contributed by atoms with Crippen LogP contribution in [0.2, 0.25) is 11.6 Å². The smallest absolute Gasteiger partial charge is 0.363 e. The SMILES string of the molecule is C=C(C)C#CC/C=C(/C)OB1C2CCCC1CCC2. The Bertz CT molecular complexity index is 391. The van der Waals surface area contributed by atoms with Gasteiger partial charge in [0.25, 0.3) is 0 Å². The van der Waals surface area contributed by atoms with Gasteiger partial charge in [-0.1, -0.05) is 56.9 Å². The molecule has 0 aromatic carbocycles. The van der Waals surface area contributed by atoms with Gasteiger partial charge in [-0.15, -0.1) is 0 Å². The van der Waals surface area contributed by atoms with Gasteiger partial charge < -0.3 is 4.65 Å². The maximum atomic E-state index is 6.24. The van der Waals surface area contributed by atoms with Crippen LogP contribution in [-0.4, -0.2) is 6.92 Å². The molecule has 0 radical (unpaired) electrons. The summed E-state index contributed by atoms with van der Waals surface area (Å²) in [5, 5.41) is 0. The monoisotopic (exact) mass is 256 g/mol. The van der Waals surface area contributed by atoms with E-state index < -0.39 is 0 Å². The quantitative estimate of drug-likeness (QED) is 0.393. The summed E-state index contributed by atoms with van der Waals surface area (Å²) in [7, 11) is 0. The molecule has 19 heavy (non-hydrogen) atoms. The largest absolute Gasteiger partial charge is 0.563 e. The second kappa shape index (κ2) is 6.89. The second-order valence-corrected chi connectivity index (χ2v) is 6.07. The Balaban J connectivity index is 1.87. The molecule has 2 aliphatic heterocycles. The Hall–Kier alpha value is -1.10. The van der Waals surface area contributed by atoms with Gasteiger partial charge in [0, 0.05) is 6.42 Å². The van der Waals surface area contributed by atoms with Gasteiger partial charge in [-0.05, 0) is 37.1 Å². The average molecular weight is 256 g/mol. The molecule has 2 fully saturated rings. The zero-order valence-corrected chi connectivity index (χ0v) is 12.4. The molecule has 0 N–H and O–H groups in total. The van der Waals surface area contributed by atoms with E-state index in [4.69, 9.17) is 4.65 Å². The van der Waals surface area contributed by atoms with Crippen molar-refractivity contribution in [3.63, 3.8) is 0 Å². The third kappa shape index (κ3) is 4.20. The molecule has 0 spiro atoms. The van der Waals surface area contributed by atoms with Gasteiger partial charge in [-0.25, -0.2) is 0 Å². The standard InChI is InChI=1S/C17H25BO/c1-14(2)8-4-5-9-15(3)19-18-16-10-6-11-17(18)13-7-12-16/h9,16-17H,1,5-7,10-13H2,2-3H3/b15-9-. The molecule has 0 saturated carbocycles. The summed E-state index contributed by atoms with van der Waals surface area (Å²) in [6, 6.07) is 0. The lowest BCUT2D eigenvalue weighted by molar-refractivity contribution is 0.333. The summed E-state index contributed by atoms with van der Waals surface area (Å²) in [5.74, 6) is 8.76. The van der Waals surface area contributed by atoms with E-state index in [0.29, 0.717) is 6.92 Å². The fourth-order valence-electron chi connectivity index (χ4n) is 3.47. The molecule has 0 unspecified atom stereocenters. The fraction of sp³-hybridized carbons (Fsp3) is 0.647. The van der Waals surface area contributed by atoms with Crippen molar-refractivity contribution in [1.82, 2.24) is 0 Å². The Labute approximate surface area is 118 Å². The summed E-state index contributed by atoms with van der Waals surface area (Å²) in [5.41, 5.74) is 0.925. The van der Waals surface area contributed by atoms with Gasteiger partial charge >= 0.3 is 6.92 Å². The van der Waals surface area contributed by atoms with E-state index in [-0.39, 0.29) is 0 Å². The average Bonchev–Trinajstić information content (AvgIpc) is 2.34. The Kier molecular flexibility index (Phi) is 5.20. The van der Waals surface area contributed by atoms with Crippen LogP contribution in [0.3, 0.4) is 0 Å². The van der Waals surface area contributed by atoms with Crippen LogP contribution in [0.1, 0.15) is 58.8 Å². The van der Waals surface area contributed by atoms with Crippen molar-refractivity contribution in [3.05, 3.63) is 24.0 Å². The van der Waals surface area contributed by atoms with Crippen molar-refractivity contribution in [3.8, 4) is 11.8 Å². The van der Waals surface area contributed by atoms with Gasteiger partial charge in [0.05, 0.1) is 5.76 Å². The molecule has 2 aliphatic rings. The molecular formula is C17H25BO. The summed E-state index contributed by atoms with van der Waals surface area (Å²) < 4.78 is 6.24. The predicted molar refractivity (Wildman–Crippen MR) is 83.0 cm³/mol. The van der Waals surface area contributed by atoms with Gasteiger partial charge in [-0.3, -0.25) is 0 Å². The highest BCUT2D eigenvalue weighted by Crippen LogP contribution is 2.47. The Morgan fingerprint density at radius 3 is 2.32 bits per heavy atom. The molecule has 102 valence electrons. The molecule has 1 nitrogen and oxygen atoms in total. The van der Waals surface area contributed by atoms with Crippen molar-refractivity contribution in [2.75, 3.05) is 0 Å². The van der Waals surface area contributed by atoms with E-state index in [1.165, 1.54) is 38.5 Å². The first kappa shape index (κ1) is 14.3. The minimum atomic E-state index is 0.479. The summed E-state index contributed by atoms with van der Waals surface area (Å²) >= 11 is 0. The van der Waals surface area contributed by atoms with Crippen LogP contribution in [0.15, 0.2) is 24.0 Å². The molecule has 0 aliphatic carbocycles.